The zero-order valence-electron chi connectivity index (χ0n) is 14.8. The molecule has 0 aromatic rings. The van der Waals surface area contributed by atoms with E-state index in [2.05, 4.69) is 26.0 Å². The van der Waals surface area contributed by atoms with Crippen molar-refractivity contribution in [2.45, 2.75) is 52.4 Å². The quantitative estimate of drug-likeness (QED) is 0.665. The van der Waals surface area contributed by atoms with Gasteiger partial charge in [0.05, 0.1) is 11.5 Å². The van der Waals surface area contributed by atoms with Gasteiger partial charge in [-0.25, -0.2) is 0 Å². The third-order valence-corrected chi connectivity index (χ3v) is 9.84. The van der Waals surface area contributed by atoms with E-state index in [-0.39, 0.29) is 10.8 Å². The molecule has 6 aliphatic rings. The number of nitrogens with zero attached hydrogens (tertiary/aromatic N) is 1. The van der Waals surface area contributed by atoms with Gasteiger partial charge in [0.15, 0.2) is 5.78 Å². The lowest BCUT2D eigenvalue weighted by Gasteiger charge is -2.56. The second-order valence-electron chi connectivity index (χ2n) is 10.3. The van der Waals surface area contributed by atoms with E-state index in [9.17, 15) is 10.1 Å². The normalized spacial score (nSPS) is 62.2. The number of hydrogen-bond acceptors (Lipinski definition) is 2. The molecule has 0 aromatic heterocycles. The van der Waals surface area contributed by atoms with Crippen LogP contribution in [0.4, 0.5) is 0 Å². The Balaban J connectivity index is 1.44. The van der Waals surface area contributed by atoms with Crippen molar-refractivity contribution in [1.29, 1.82) is 5.26 Å². The Morgan fingerprint density at radius 2 is 1.96 bits per heavy atom. The number of carbonyl (C=O) groups is 1. The minimum Gasteiger partial charge on any atom is -0.295 e. The molecule has 126 valence electrons. The average molecular weight is 321 g/mol. The molecule has 10 unspecified atom stereocenters. The second-order valence-corrected chi connectivity index (χ2v) is 10.3. The zero-order chi connectivity index (χ0) is 16.4. The Kier molecular flexibility index (Phi) is 2.35. The summed E-state index contributed by atoms with van der Waals surface area (Å²) in [5.74, 6) is 6.63. The van der Waals surface area contributed by atoms with E-state index >= 15 is 0 Å². The lowest BCUT2D eigenvalue weighted by atomic mass is 9.47. The van der Waals surface area contributed by atoms with Crippen LogP contribution in [0.1, 0.15) is 52.4 Å². The Morgan fingerprint density at radius 1 is 1.12 bits per heavy atom. The van der Waals surface area contributed by atoms with Crippen molar-refractivity contribution in [3.05, 3.63) is 11.6 Å². The van der Waals surface area contributed by atoms with Crippen LogP contribution in [0.5, 0.6) is 0 Å². The van der Waals surface area contributed by atoms with Crippen molar-refractivity contribution in [2.24, 2.45) is 58.2 Å². The first kappa shape index (κ1) is 14.1. The number of ketones is 1. The fourth-order valence-corrected chi connectivity index (χ4v) is 8.54. The van der Waals surface area contributed by atoms with Crippen molar-refractivity contribution in [3.8, 4) is 6.07 Å². The van der Waals surface area contributed by atoms with E-state index in [0.717, 1.165) is 48.3 Å². The number of fused-ring (bicyclic) bond motifs is 10. The maximum atomic E-state index is 11.9. The summed E-state index contributed by atoms with van der Waals surface area (Å²) in [4.78, 5) is 11.9. The molecular weight excluding hydrogens is 294 g/mol. The van der Waals surface area contributed by atoms with Gasteiger partial charge in [0, 0.05) is 6.42 Å². The molecule has 10 atom stereocenters. The fourth-order valence-electron chi connectivity index (χ4n) is 8.54. The van der Waals surface area contributed by atoms with Gasteiger partial charge in [0.25, 0.3) is 0 Å². The molecule has 0 bridgehead atoms. The molecule has 0 heterocycles. The first-order valence-electron chi connectivity index (χ1n) is 10.1. The number of carbonyl (C=O) groups excluding carboxylic acids is 1. The average Bonchev–Trinajstić information content (AvgIpc) is 3.46. The summed E-state index contributed by atoms with van der Waals surface area (Å²) in [6.07, 6.45) is 9.14. The highest BCUT2D eigenvalue weighted by atomic mass is 16.1. The summed E-state index contributed by atoms with van der Waals surface area (Å²) in [5, 5.41) is 10.0. The van der Waals surface area contributed by atoms with Crippen molar-refractivity contribution < 1.29 is 4.79 Å². The van der Waals surface area contributed by atoms with Gasteiger partial charge < -0.3 is 0 Å². The van der Waals surface area contributed by atoms with Gasteiger partial charge in [-0.3, -0.25) is 4.79 Å². The molecule has 5 saturated carbocycles. The molecule has 24 heavy (non-hydrogen) atoms. The number of rotatable bonds is 0. The highest BCUT2D eigenvalue weighted by Gasteiger charge is 2.76. The topological polar surface area (TPSA) is 40.9 Å². The summed E-state index contributed by atoms with van der Waals surface area (Å²) in [7, 11) is 0. The van der Waals surface area contributed by atoms with Gasteiger partial charge in [0.1, 0.15) is 0 Å². The molecule has 2 heteroatoms. The Hall–Kier alpha value is -1.10. The molecule has 0 radical (unpaired) electrons. The molecule has 0 amide bonds. The third-order valence-electron chi connectivity index (χ3n) is 9.84. The van der Waals surface area contributed by atoms with Crippen LogP contribution in [0.25, 0.3) is 0 Å². The van der Waals surface area contributed by atoms with Crippen LogP contribution in [0.2, 0.25) is 0 Å². The molecule has 2 nitrogen and oxygen atoms in total. The van der Waals surface area contributed by atoms with E-state index in [1.54, 1.807) is 5.57 Å². The predicted octanol–water partition coefficient (Wildman–Crippen LogP) is 4.37. The molecule has 0 aliphatic heterocycles. The van der Waals surface area contributed by atoms with Crippen molar-refractivity contribution >= 4 is 5.78 Å². The summed E-state index contributed by atoms with van der Waals surface area (Å²) < 4.78 is 0. The summed E-state index contributed by atoms with van der Waals surface area (Å²) >= 11 is 0. The highest BCUT2D eigenvalue weighted by molar-refractivity contribution is 5.91. The van der Waals surface area contributed by atoms with E-state index in [1.807, 2.05) is 0 Å². The highest BCUT2D eigenvalue weighted by Crippen LogP contribution is 2.81. The van der Waals surface area contributed by atoms with Gasteiger partial charge in [0.2, 0.25) is 0 Å². The van der Waals surface area contributed by atoms with Crippen LogP contribution in [0.3, 0.4) is 0 Å². The first-order valence-corrected chi connectivity index (χ1v) is 10.1. The van der Waals surface area contributed by atoms with Gasteiger partial charge in [-0.1, -0.05) is 12.5 Å². The van der Waals surface area contributed by atoms with Crippen LogP contribution >= 0.6 is 0 Å². The van der Waals surface area contributed by atoms with Crippen LogP contribution in [0.15, 0.2) is 11.6 Å². The number of hydrogen-bond donors (Lipinski definition) is 0. The Bertz CT molecular complexity index is 731. The van der Waals surface area contributed by atoms with Gasteiger partial charge >= 0.3 is 0 Å². The van der Waals surface area contributed by atoms with Gasteiger partial charge in [-0.05, 0) is 97.9 Å². The van der Waals surface area contributed by atoms with Crippen molar-refractivity contribution in [2.75, 3.05) is 0 Å². The fraction of sp³-hybridized carbons (Fsp3) is 0.818. The van der Waals surface area contributed by atoms with Crippen molar-refractivity contribution in [1.82, 2.24) is 0 Å². The standard InChI is InChI=1S/C22H27NO/c1-21-6-5-13-12-4-3-11(24)7-14(12)15-8-16(15)19(13)20(21)17-9-18(17)22(21,2)10-23/h7,12-13,15-20H,3-6,8-9H2,1-2H3. The molecule has 0 saturated heterocycles. The molecule has 6 aliphatic carbocycles. The van der Waals surface area contributed by atoms with Crippen molar-refractivity contribution in [3.63, 3.8) is 0 Å². The molecule has 0 aromatic carbocycles. The second kappa shape index (κ2) is 4.00. The maximum Gasteiger partial charge on any atom is 0.155 e. The Morgan fingerprint density at radius 3 is 2.75 bits per heavy atom. The van der Waals surface area contributed by atoms with E-state index in [1.165, 1.54) is 25.7 Å². The number of nitriles is 1. The van der Waals surface area contributed by atoms with Crippen LogP contribution in [0, 0.1) is 69.5 Å². The summed E-state index contributed by atoms with van der Waals surface area (Å²) in [6.45, 7) is 4.76. The van der Waals surface area contributed by atoms with E-state index in [0.29, 0.717) is 17.6 Å². The van der Waals surface area contributed by atoms with Crippen LogP contribution in [-0.2, 0) is 4.79 Å². The van der Waals surface area contributed by atoms with E-state index in [4.69, 9.17) is 0 Å². The molecule has 0 spiro atoms. The first-order chi connectivity index (χ1) is 11.5. The lowest BCUT2D eigenvalue weighted by molar-refractivity contribution is -0.116. The minimum atomic E-state index is -0.0870. The maximum absolute atomic E-state index is 11.9. The largest absolute Gasteiger partial charge is 0.295 e. The number of allylic oxidation sites excluding steroid dienone is 1. The minimum absolute atomic E-state index is 0.0870. The van der Waals surface area contributed by atoms with Gasteiger partial charge in [-0.15, -0.1) is 0 Å². The van der Waals surface area contributed by atoms with Crippen LogP contribution < -0.4 is 0 Å². The van der Waals surface area contributed by atoms with Crippen LogP contribution in [-0.4, -0.2) is 5.78 Å². The Labute approximate surface area is 144 Å². The summed E-state index contributed by atoms with van der Waals surface area (Å²) in [5.41, 5.74) is 1.71. The third kappa shape index (κ3) is 1.36. The SMILES string of the molecule is CC1(C#N)C2CC2C2C3C(CCC21C)C1CCC(=O)C=C1C1CC13. The molecular formula is C22H27NO. The van der Waals surface area contributed by atoms with Gasteiger partial charge in [-0.2, -0.15) is 5.26 Å². The monoisotopic (exact) mass is 321 g/mol. The molecule has 5 fully saturated rings. The smallest absolute Gasteiger partial charge is 0.155 e. The summed E-state index contributed by atoms with van der Waals surface area (Å²) in [6, 6.07) is 2.80. The predicted molar refractivity (Wildman–Crippen MR) is 90.5 cm³/mol. The molecule has 0 N–H and O–H groups in total. The zero-order valence-corrected chi connectivity index (χ0v) is 14.8. The molecule has 6 rings (SSSR count). The lowest BCUT2D eigenvalue weighted by Crippen LogP contribution is -2.51. The van der Waals surface area contributed by atoms with E-state index < -0.39 is 0 Å².